The number of carbonyl (C=O) groups excluding carboxylic acids is 10. The van der Waals surface area contributed by atoms with Crippen molar-refractivity contribution in [2.45, 2.75) is 89.9 Å². The highest BCUT2D eigenvalue weighted by Gasteiger charge is 2.42. The number of hydrogen-bond acceptors (Lipinski definition) is 18. The summed E-state index contributed by atoms with van der Waals surface area (Å²) in [5, 5.41) is 10.9. The van der Waals surface area contributed by atoms with Gasteiger partial charge in [-0.3, -0.25) is 48.3 Å². The van der Waals surface area contributed by atoms with Gasteiger partial charge in [-0.1, -0.05) is 72.5 Å². The third-order valence-electron chi connectivity index (χ3n) is 13.0. The highest BCUT2D eigenvalue weighted by Crippen LogP contribution is 2.29. The molecule has 0 aliphatic carbocycles. The lowest BCUT2D eigenvalue weighted by atomic mass is 10.0. The minimum Gasteiger partial charge on any atom is -0.461 e. The van der Waals surface area contributed by atoms with Crippen LogP contribution in [0.4, 0.5) is 0 Å². The van der Waals surface area contributed by atoms with Gasteiger partial charge in [0.2, 0.25) is 35.4 Å². The van der Waals surface area contributed by atoms with Crippen molar-refractivity contribution in [3.8, 4) is 0 Å². The van der Waals surface area contributed by atoms with Gasteiger partial charge in [0.1, 0.15) is 72.9 Å². The molecule has 8 atom stereocenters. The van der Waals surface area contributed by atoms with Crippen LogP contribution in [0.15, 0.2) is 48.8 Å². The Labute approximate surface area is 466 Å². The predicted octanol–water partition coefficient (Wildman–Crippen LogP) is 1.90. The Balaban J connectivity index is 1.39. The van der Waals surface area contributed by atoms with E-state index in [1.54, 1.807) is 39.8 Å². The molecule has 418 valence electrons. The average molecular weight is 1160 g/mol. The van der Waals surface area contributed by atoms with Gasteiger partial charge in [0.15, 0.2) is 0 Å². The molecular formula is C50H60Cl2N12O12S2. The molecule has 2 aromatic carbocycles. The predicted molar refractivity (Wildman–Crippen MR) is 290 cm³/mol. The van der Waals surface area contributed by atoms with Gasteiger partial charge in [-0.2, -0.15) is 0 Å². The van der Waals surface area contributed by atoms with Crippen molar-refractivity contribution in [2.24, 2.45) is 11.8 Å². The molecule has 24 nitrogen and oxygen atoms in total. The summed E-state index contributed by atoms with van der Waals surface area (Å²) in [5.41, 5.74) is 0.904. The van der Waals surface area contributed by atoms with Crippen LogP contribution in [0.2, 0.25) is 10.0 Å². The third kappa shape index (κ3) is 14.2. The van der Waals surface area contributed by atoms with E-state index in [1.807, 2.05) is 0 Å². The zero-order chi connectivity index (χ0) is 57.4. The van der Waals surface area contributed by atoms with Crippen LogP contribution in [0.3, 0.4) is 0 Å². The second-order valence-electron chi connectivity index (χ2n) is 19.3. The van der Waals surface area contributed by atoms with Crippen molar-refractivity contribution in [3.63, 3.8) is 0 Å². The molecule has 2 bridgehead atoms. The van der Waals surface area contributed by atoms with E-state index in [0.29, 0.717) is 32.1 Å². The number of nitrogens with one attached hydrogen (secondary N) is 4. The number of benzene rings is 2. The number of nitrogens with zero attached hydrogens (tertiary/aromatic N) is 8. The van der Waals surface area contributed by atoms with Gasteiger partial charge in [0.05, 0.1) is 34.5 Å². The fourth-order valence-corrected chi connectivity index (χ4v) is 11.5. The average Bonchev–Trinajstić information content (AvgIpc) is 3.39. The first kappa shape index (κ1) is 60.3. The second-order valence-corrected chi connectivity index (χ2v) is 22.7. The Morgan fingerprint density at radius 3 is 1.28 bits per heavy atom. The first-order chi connectivity index (χ1) is 36.8. The van der Waals surface area contributed by atoms with E-state index >= 15 is 0 Å². The molecule has 4 N–H and O–H groups in total. The number of aromatic nitrogens is 4. The van der Waals surface area contributed by atoms with E-state index in [-0.39, 0.29) is 22.9 Å². The fraction of sp³-hybridized carbons (Fsp3) is 0.480. The minimum absolute atomic E-state index is 0.172. The van der Waals surface area contributed by atoms with Gasteiger partial charge in [-0.05, 0) is 62.1 Å². The van der Waals surface area contributed by atoms with E-state index in [0.717, 1.165) is 53.6 Å². The number of cyclic esters (lactones) is 2. The first-order valence-corrected chi connectivity index (χ1v) is 27.7. The van der Waals surface area contributed by atoms with Crippen molar-refractivity contribution in [1.29, 1.82) is 0 Å². The molecule has 8 unspecified atom stereocenters. The Kier molecular flexibility index (Phi) is 20.2. The van der Waals surface area contributed by atoms with Crippen molar-refractivity contribution >= 4 is 126 Å². The van der Waals surface area contributed by atoms with Crippen LogP contribution in [0.25, 0.3) is 22.1 Å². The highest BCUT2D eigenvalue weighted by molar-refractivity contribution is 8.76. The van der Waals surface area contributed by atoms with Gasteiger partial charge in [0.25, 0.3) is 11.8 Å². The zero-order valence-electron chi connectivity index (χ0n) is 44.3. The lowest BCUT2D eigenvalue weighted by Gasteiger charge is -2.37. The molecule has 6 rings (SSSR count). The largest absolute Gasteiger partial charge is 0.461 e. The lowest BCUT2D eigenvalue weighted by Crippen LogP contribution is -2.60. The molecule has 4 heterocycles. The Hall–Kier alpha value is -6.90. The number of rotatable bonds is 6. The number of esters is 2. The summed E-state index contributed by atoms with van der Waals surface area (Å²) < 4.78 is 11.4. The summed E-state index contributed by atoms with van der Waals surface area (Å²) in [6, 6.07) is -2.36. The van der Waals surface area contributed by atoms with Crippen LogP contribution in [0.5, 0.6) is 0 Å². The van der Waals surface area contributed by atoms with Crippen molar-refractivity contribution < 1.29 is 57.4 Å². The number of likely N-dealkylation sites (N-methyl/N-ethyl adjacent to an activating group) is 4. The minimum atomic E-state index is -1.68. The van der Waals surface area contributed by atoms with Crippen LogP contribution < -0.4 is 21.3 Å². The third-order valence-corrected chi connectivity index (χ3v) is 15.8. The van der Waals surface area contributed by atoms with E-state index in [1.165, 1.54) is 66.3 Å². The monoisotopic (exact) mass is 1150 g/mol. The Morgan fingerprint density at radius 1 is 0.577 bits per heavy atom. The second kappa shape index (κ2) is 26.2. The summed E-state index contributed by atoms with van der Waals surface area (Å²) in [4.78, 5) is 164. The maximum Gasteiger partial charge on any atom is 0.329 e. The van der Waals surface area contributed by atoms with Gasteiger partial charge in [-0.25, -0.2) is 19.6 Å². The number of fused-ring (bicyclic) bond motifs is 7. The molecule has 28 heteroatoms. The Morgan fingerprint density at radius 2 is 0.936 bits per heavy atom. The summed E-state index contributed by atoms with van der Waals surface area (Å²) in [5.74, 6) is -10.5. The van der Waals surface area contributed by atoms with Crippen molar-refractivity contribution in [2.75, 3.05) is 52.9 Å². The standard InChI is InChI=1S/C50H60Cl2N12O12S2/c1-23(2)39-49(73)75-19-35(59-41(65)33-17-53-31-15-27(51)11-13-29(31)57-33)43(67)55-26(6)46(70)62(8)38-22-78-77-21-37(47(71)63(39)9)61(7)45(69)25(5)56-44(68)36(20-76-50(74)40(24(3)4)64(10)48(38)72)60-42(66)34-18-54-32-16-28(52)12-14-30(32)58-34/h11-18,23-26,35-40H,19-22H2,1-10H3,(H,55,67)(H,56,68)(H,59,65)(H,60,66). The van der Waals surface area contributed by atoms with E-state index in [2.05, 4.69) is 41.2 Å². The van der Waals surface area contributed by atoms with E-state index in [9.17, 15) is 47.9 Å². The van der Waals surface area contributed by atoms with Crippen molar-refractivity contribution in [3.05, 3.63) is 70.2 Å². The molecular weight excluding hydrogens is 1100 g/mol. The van der Waals surface area contributed by atoms with Crippen LogP contribution in [0.1, 0.15) is 62.5 Å². The van der Waals surface area contributed by atoms with Crippen LogP contribution in [-0.4, -0.2) is 200 Å². The summed E-state index contributed by atoms with van der Waals surface area (Å²) in [6.45, 7) is 7.60. The molecule has 0 spiro atoms. The topological polar surface area (TPSA) is 302 Å². The Bertz CT molecular complexity index is 2820. The van der Waals surface area contributed by atoms with Gasteiger partial charge in [-0.15, -0.1) is 0 Å². The molecule has 0 radical (unpaired) electrons. The zero-order valence-corrected chi connectivity index (χ0v) is 47.4. The molecule has 2 fully saturated rings. The molecule has 8 amide bonds. The van der Waals surface area contributed by atoms with Crippen LogP contribution >= 0.6 is 44.8 Å². The van der Waals surface area contributed by atoms with Crippen LogP contribution in [-0.2, 0) is 47.8 Å². The summed E-state index contributed by atoms with van der Waals surface area (Å²) in [6.07, 6.45) is 2.31. The number of halogens is 2. The smallest absolute Gasteiger partial charge is 0.329 e. The van der Waals surface area contributed by atoms with Crippen molar-refractivity contribution in [1.82, 2.24) is 60.8 Å². The van der Waals surface area contributed by atoms with Crippen LogP contribution in [0, 0.1) is 11.8 Å². The SMILES string of the molecule is CC1NC(=O)C(NC(=O)c2cnc3cc(Cl)ccc3n2)COC(=O)C(C(C)C)N(C)C(=O)C2CSSCC(C(=O)N(C)C(C(C)C)C(=O)OCC(NC(=O)c3cnc4cc(Cl)ccc4n3)C(=O)NC(C)C(=O)N2C)N(C)C1=O. The molecule has 2 aliphatic rings. The molecule has 78 heavy (non-hydrogen) atoms. The number of ether oxygens (including phenoxy) is 2. The summed E-state index contributed by atoms with van der Waals surface area (Å²) in [7, 11) is 7.41. The number of hydrogen-bond donors (Lipinski definition) is 4. The van der Waals surface area contributed by atoms with Gasteiger partial charge < -0.3 is 50.3 Å². The fourth-order valence-electron chi connectivity index (χ4n) is 8.61. The molecule has 2 aliphatic heterocycles. The molecule has 2 aromatic heterocycles. The molecule has 0 saturated carbocycles. The first-order valence-electron chi connectivity index (χ1n) is 24.5. The highest BCUT2D eigenvalue weighted by atomic mass is 35.5. The molecule has 4 aromatic rings. The van der Waals surface area contributed by atoms with E-state index in [4.69, 9.17) is 32.7 Å². The molecule has 2 saturated heterocycles. The van der Waals surface area contributed by atoms with E-state index < -0.39 is 133 Å². The maximum absolute atomic E-state index is 14.8. The summed E-state index contributed by atoms with van der Waals surface area (Å²) >= 11 is 12.2. The quantitative estimate of drug-likeness (QED) is 0.158. The van der Waals surface area contributed by atoms with Gasteiger partial charge in [0, 0.05) is 49.7 Å². The lowest BCUT2D eigenvalue weighted by molar-refractivity contribution is -0.160. The maximum atomic E-state index is 14.8. The number of carbonyl (C=O) groups is 10. The van der Waals surface area contributed by atoms with Gasteiger partial charge >= 0.3 is 11.9 Å². The number of amides is 8. The normalized spacial score (nSPS) is 24.4.